The fraction of sp³-hybridized carbons (Fsp3) is 0.300. The average Bonchev–Trinajstić information content (AvgIpc) is 2.65. The Bertz CT molecular complexity index is 352. The third-order valence-corrected chi connectivity index (χ3v) is 2.21. The van der Waals surface area contributed by atoms with Gasteiger partial charge in [0, 0.05) is 13.0 Å². The molecule has 0 spiro atoms. The summed E-state index contributed by atoms with van der Waals surface area (Å²) in [7, 11) is 0. The molecule has 1 aromatic carbocycles. The maximum absolute atomic E-state index is 11.4. The van der Waals surface area contributed by atoms with Crippen molar-refractivity contribution >= 4 is 11.6 Å². The molecular formula is C10H12N2O2. The zero-order valence-electron chi connectivity index (χ0n) is 7.73. The van der Waals surface area contributed by atoms with E-state index in [2.05, 4.69) is 5.43 Å². The van der Waals surface area contributed by atoms with Crippen molar-refractivity contribution in [2.24, 2.45) is 0 Å². The smallest absolute Gasteiger partial charge is 0.242 e. The molecule has 4 nitrogen and oxygen atoms in total. The van der Waals surface area contributed by atoms with Gasteiger partial charge in [-0.3, -0.25) is 4.79 Å². The third kappa shape index (κ3) is 1.62. The molecule has 1 aliphatic heterocycles. The molecule has 0 aliphatic carbocycles. The second-order valence-electron chi connectivity index (χ2n) is 3.22. The average molecular weight is 192 g/mol. The van der Waals surface area contributed by atoms with E-state index >= 15 is 0 Å². The molecule has 1 heterocycles. The summed E-state index contributed by atoms with van der Waals surface area (Å²) in [6.07, 6.45) is 0.531. The lowest BCUT2D eigenvalue weighted by Crippen LogP contribution is -2.33. The van der Waals surface area contributed by atoms with Crippen molar-refractivity contribution in [1.82, 2.24) is 5.43 Å². The van der Waals surface area contributed by atoms with Gasteiger partial charge in [-0.25, -0.2) is 10.4 Å². The van der Waals surface area contributed by atoms with Gasteiger partial charge in [-0.05, 0) is 17.7 Å². The van der Waals surface area contributed by atoms with E-state index in [4.69, 9.17) is 5.11 Å². The molecule has 1 saturated heterocycles. The van der Waals surface area contributed by atoms with Gasteiger partial charge < -0.3 is 5.11 Å². The third-order valence-electron chi connectivity index (χ3n) is 2.21. The summed E-state index contributed by atoms with van der Waals surface area (Å²) in [5, 5.41) is 10.5. The molecule has 2 rings (SSSR count). The molecule has 1 aliphatic rings. The highest BCUT2D eigenvalue weighted by Gasteiger charge is 2.21. The minimum absolute atomic E-state index is 0.00410. The summed E-state index contributed by atoms with van der Waals surface area (Å²) >= 11 is 0. The zero-order valence-corrected chi connectivity index (χ0v) is 7.73. The largest absolute Gasteiger partial charge is 0.392 e. The molecule has 0 unspecified atom stereocenters. The van der Waals surface area contributed by atoms with Crippen LogP contribution in [0.15, 0.2) is 24.3 Å². The highest BCUT2D eigenvalue weighted by atomic mass is 16.3. The van der Waals surface area contributed by atoms with E-state index in [0.717, 1.165) is 11.3 Å². The highest BCUT2D eigenvalue weighted by Crippen LogP contribution is 2.17. The van der Waals surface area contributed by atoms with Crippen LogP contribution >= 0.6 is 0 Å². The maximum Gasteiger partial charge on any atom is 0.242 e. The number of aliphatic hydroxyl groups excluding tert-OH is 1. The van der Waals surface area contributed by atoms with Gasteiger partial charge in [-0.2, -0.15) is 0 Å². The first-order chi connectivity index (χ1) is 6.81. The van der Waals surface area contributed by atoms with Gasteiger partial charge in [0.2, 0.25) is 5.91 Å². The molecule has 4 heteroatoms. The molecule has 0 aromatic heterocycles. The Morgan fingerprint density at radius 2 is 2.36 bits per heavy atom. The summed E-state index contributed by atoms with van der Waals surface area (Å²) in [5.74, 6) is 0.0695. The van der Waals surface area contributed by atoms with Crippen LogP contribution in [0.2, 0.25) is 0 Å². The van der Waals surface area contributed by atoms with E-state index in [1.54, 1.807) is 6.07 Å². The lowest BCUT2D eigenvalue weighted by atomic mass is 10.2. The van der Waals surface area contributed by atoms with E-state index in [0.29, 0.717) is 13.0 Å². The topological polar surface area (TPSA) is 52.6 Å². The van der Waals surface area contributed by atoms with Gasteiger partial charge in [0.05, 0.1) is 12.3 Å². The molecule has 0 radical (unpaired) electrons. The Kier molecular flexibility index (Phi) is 2.47. The Morgan fingerprint density at radius 1 is 1.50 bits per heavy atom. The van der Waals surface area contributed by atoms with Gasteiger partial charge in [0.25, 0.3) is 0 Å². The first kappa shape index (κ1) is 9.18. The van der Waals surface area contributed by atoms with Crippen molar-refractivity contribution in [3.05, 3.63) is 29.8 Å². The molecule has 1 fully saturated rings. The fourth-order valence-corrected chi connectivity index (χ4v) is 1.50. The number of anilines is 1. The first-order valence-corrected chi connectivity index (χ1v) is 4.57. The molecular weight excluding hydrogens is 180 g/mol. The lowest BCUT2D eigenvalue weighted by molar-refractivity contribution is -0.117. The van der Waals surface area contributed by atoms with Crippen molar-refractivity contribution in [1.29, 1.82) is 0 Å². The molecule has 0 atom stereocenters. The zero-order chi connectivity index (χ0) is 9.97. The van der Waals surface area contributed by atoms with Gasteiger partial charge in [-0.1, -0.05) is 12.1 Å². The van der Waals surface area contributed by atoms with E-state index in [9.17, 15) is 4.79 Å². The normalized spacial score (nSPS) is 16.4. The van der Waals surface area contributed by atoms with Crippen molar-refractivity contribution in [3.8, 4) is 0 Å². The minimum Gasteiger partial charge on any atom is -0.392 e. The number of nitrogens with zero attached hydrogens (tertiary/aromatic N) is 1. The quantitative estimate of drug-likeness (QED) is 0.714. The Labute approximate surface area is 82.1 Å². The van der Waals surface area contributed by atoms with Crippen LogP contribution in [0.3, 0.4) is 0 Å². The summed E-state index contributed by atoms with van der Waals surface area (Å²) < 4.78 is 0. The van der Waals surface area contributed by atoms with Crippen LogP contribution in [0.25, 0.3) is 0 Å². The lowest BCUT2D eigenvalue weighted by Gasteiger charge is -2.16. The van der Waals surface area contributed by atoms with Crippen LogP contribution in [0.5, 0.6) is 0 Å². The highest BCUT2D eigenvalue weighted by molar-refractivity contribution is 5.94. The van der Waals surface area contributed by atoms with E-state index in [-0.39, 0.29) is 12.5 Å². The number of amides is 1. The Morgan fingerprint density at radius 3 is 3.00 bits per heavy atom. The monoisotopic (exact) mass is 192 g/mol. The van der Waals surface area contributed by atoms with Gasteiger partial charge >= 0.3 is 0 Å². The van der Waals surface area contributed by atoms with Crippen LogP contribution < -0.4 is 10.4 Å². The SMILES string of the molecule is O=C1CCNN1c1cccc(CO)c1. The molecule has 0 bridgehead atoms. The maximum atomic E-state index is 11.4. The molecule has 14 heavy (non-hydrogen) atoms. The Balaban J connectivity index is 2.26. The summed E-state index contributed by atoms with van der Waals surface area (Å²) in [5.41, 5.74) is 4.58. The van der Waals surface area contributed by atoms with Crippen LogP contribution in [-0.2, 0) is 11.4 Å². The van der Waals surface area contributed by atoms with Crippen LogP contribution in [0.4, 0.5) is 5.69 Å². The van der Waals surface area contributed by atoms with Crippen LogP contribution in [-0.4, -0.2) is 17.6 Å². The van der Waals surface area contributed by atoms with E-state index < -0.39 is 0 Å². The molecule has 74 valence electrons. The van der Waals surface area contributed by atoms with E-state index in [1.165, 1.54) is 5.01 Å². The standard InChI is InChI=1S/C10H12N2O2/c13-7-8-2-1-3-9(6-8)12-10(14)4-5-11-12/h1-3,6,11,13H,4-5,7H2. The predicted molar refractivity (Wildman–Crippen MR) is 52.5 cm³/mol. The summed E-state index contributed by atoms with van der Waals surface area (Å²) in [6, 6.07) is 7.30. The molecule has 0 saturated carbocycles. The van der Waals surface area contributed by atoms with E-state index in [1.807, 2.05) is 18.2 Å². The number of nitrogens with one attached hydrogen (secondary N) is 1. The van der Waals surface area contributed by atoms with Crippen molar-refractivity contribution in [3.63, 3.8) is 0 Å². The summed E-state index contributed by atoms with van der Waals surface area (Å²) in [4.78, 5) is 11.4. The van der Waals surface area contributed by atoms with Crippen molar-refractivity contribution in [2.45, 2.75) is 13.0 Å². The number of carbonyl (C=O) groups excluding carboxylic acids is 1. The number of benzene rings is 1. The molecule has 2 N–H and O–H groups in total. The number of hydrogen-bond donors (Lipinski definition) is 2. The molecule has 1 amide bonds. The van der Waals surface area contributed by atoms with Crippen LogP contribution in [0, 0.1) is 0 Å². The van der Waals surface area contributed by atoms with Crippen LogP contribution in [0.1, 0.15) is 12.0 Å². The molecule has 1 aromatic rings. The fourth-order valence-electron chi connectivity index (χ4n) is 1.50. The second-order valence-corrected chi connectivity index (χ2v) is 3.22. The van der Waals surface area contributed by atoms with Crippen molar-refractivity contribution in [2.75, 3.05) is 11.6 Å². The van der Waals surface area contributed by atoms with Gasteiger partial charge in [0.15, 0.2) is 0 Å². The van der Waals surface area contributed by atoms with Crippen molar-refractivity contribution < 1.29 is 9.90 Å². The number of rotatable bonds is 2. The first-order valence-electron chi connectivity index (χ1n) is 4.57. The number of aliphatic hydroxyl groups is 1. The number of hydrazine groups is 1. The Hall–Kier alpha value is -1.39. The minimum atomic E-state index is -0.00410. The van der Waals surface area contributed by atoms with Gasteiger partial charge in [0.1, 0.15) is 0 Å². The number of carbonyl (C=O) groups is 1. The predicted octanol–water partition coefficient (Wildman–Crippen LogP) is 0.420. The summed E-state index contributed by atoms with van der Waals surface area (Å²) in [6.45, 7) is 0.679. The van der Waals surface area contributed by atoms with Gasteiger partial charge in [-0.15, -0.1) is 0 Å². The number of hydrogen-bond acceptors (Lipinski definition) is 3. The second kappa shape index (κ2) is 3.77.